The zero-order chi connectivity index (χ0) is 19.8. The third kappa shape index (κ3) is 5.53. The number of nitrogens with zero attached hydrogens (tertiary/aromatic N) is 4. The lowest BCUT2D eigenvalue weighted by atomic mass is 10.2. The molecule has 6 nitrogen and oxygen atoms in total. The third-order valence-electron chi connectivity index (χ3n) is 4.43. The Morgan fingerprint density at radius 1 is 1.25 bits per heavy atom. The number of hydrogen-bond acceptors (Lipinski definition) is 4. The number of ether oxygens (including phenoxy) is 1. The van der Waals surface area contributed by atoms with Crippen molar-refractivity contribution in [2.24, 2.45) is 0 Å². The Morgan fingerprint density at radius 2 is 2.14 bits per heavy atom. The third-order valence-corrected chi connectivity index (χ3v) is 4.79. The summed E-state index contributed by atoms with van der Waals surface area (Å²) in [6.07, 6.45) is 10.2. The monoisotopic (exact) mass is 395 g/mol. The van der Waals surface area contributed by atoms with Crippen molar-refractivity contribution in [3.8, 4) is 5.75 Å². The lowest BCUT2D eigenvalue weighted by Crippen LogP contribution is -2.35. The summed E-state index contributed by atoms with van der Waals surface area (Å²) >= 11 is 5.72. The maximum absolute atomic E-state index is 5.72. The topological polar surface area (TPSA) is 55.2 Å². The van der Waals surface area contributed by atoms with Crippen LogP contribution in [0.5, 0.6) is 5.75 Å². The maximum Gasteiger partial charge on any atom is 0.173 e. The Bertz CT molecular complexity index is 883. The molecule has 0 saturated carbocycles. The van der Waals surface area contributed by atoms with Crippen molar-refractivity contribution in [3.63, 3.8) is 0 Å². The number of nitrogens with one attached hydrogen (secondary N) is 1. The van der Waals surface area contributed by atoms with Gasteiger partial charge in [-0.25, -0.2) is 4.98 Å². The minimum absolute atomic E-state index is 0.694. The van der Waals surface area contributed by atoms with Crippen molar-refractivity contribution < 1.29 is 4.74 Å². The van der Waals surface area contributed by atoms with Gasteiger partial charge in [-0.05, 0) is 61.0 Å². The molecular weight excluding hydrogens is 370 g/mol. The Morgan fingerprint density at radius 3 is 2.82 bits per heavy atom. The molecule has 0 fully saturated rings. The van der Waals surface area contributed by atoms with Gasteiger partial charge in [-0.3, -0.25) is 4.98 Å². The van der Waals surface area contributed by atoms with Crippen molar-refractivity contribution in [2.75, 3.05) is 19.0 Å². The molecule has 0 aliphatic heterocycles. The van der Waals surface area contributed by atoms with E-state index in [1.54, 1.807) is 19.5 Å². The minimum atomic E-state index is 0.694. The molecule has 1 aromatic carbocycles. The standard InChI is InChI=1S/C21H25N5OS/c1-17-13-19(6-7-20(17)27-2)24-21(28)26(15-18-5-3-8-22-14-18)11-4-10-25-12-9-23-16-25/h3,5-9,12-14,16H,4,10-11,15H2,1-2H3,(H,24,28). The van der Waals surface area contributed by atoms with Crippen molar-refractivity contribution in [2.45, 2.75) is 26.4 Å². The molecule has 2 heterocycles. The highest BCUT2D eigenvalue weighted by molar-refractivity contribution is 7.80. The van der Waals surface area contributed by atoms with Gasteiger partial charge in [0, 0.05) is 50.1 Å². The normalized spacial score (nSPS) is 10.5. The Labute approximate surface area is 171 Å². The summed E-state index contributed by atoms with van der Waals surface area (Å²) in [5.74, 6) is 0.865. The quantitative estimate of drug-likeness (QED) is 0.584. The summed E-state index contributed by atoms with van der Waals surface area (Å²) in [6, 6.07) is 9.98. The molecule has 0 bridgehead atoms. The number of pyridine rings is 1. The average Bonchev–Trinajstić information content (AvgIpc) is 3.21. The molecule has 0 unspecified atom stereocenters. The zero-order valence-corrected chi connectivity index (χ0v) is 17.0. The smallest absolute Gasteiger partial charge is 0.173 e. The molecule has 0 spiro atoms. The summed E-state index contributed by atoms with van der Waals surface area (Å²) in [5.41, 5.74) is 3.14. The van der Waals surface area contributed by atoms with Gasteiger partial charge in [0.15, 0.2) is 5.11 Å². The highest BCUT2D eigenvalue weighted by atomic mass is 32.1. The number of anilines is 1. The van der Waals surface area contributed by atoms with Gasteiger partial charge >= 0.3 is 0 Å². The van der Waals surface area contributed by atoms with E-state index in [1.807, 2.05) is 49.9 Å². The van der Waals surface area contributed by atoms with Crippen LogP contribution in [0.2, 0.25) is 0 Å². The SMILES string of the molecule is COc1ccc(NC(=S)N(CCCn2ccnc2)Cc2cccnc2)cc1C. The fourth-order valence-electron chi connectivity index (χ4n) is 2.99. The summed E-state index contributed by atoms with van der Waals surface area (Å²) < 4.78 is 7.41. The van der Waals surface area contributed by atoms with Gasteiger partial charge < -0.3 is 19.5 Å². The number of benzene rings is 1. The first-order chi connectivity index (χ1) is 13.7. The average molecular weight is 396 g/mol. The molecule has 146 valence electrons. The van der Waals surface area contributed by atoms with Crippen LogP contribution in [0.3, 0.4) is 0 Å². The highest BCUT2D eigenvalue weighted by Gasteiger charge is 2.12. The molecule has 28 heavy (non-hydrogen) atoms. The van der Waals surface area contributed by atoms with E-state index in [-0.39, 0.29) is 0 Å². The molecule has 0 amide bonds. The second kappa shape index (κ2) is 9.85. The largest absolute Gasteiger partial charge is 0.496 e. The molecule has 3 rings (SSSR count). The Balaban J connectivity index is 1.67. The number of hydrogen-bond donors (Lipinski definition) is 1. The van der Waals surface area contributed by atoms with E-state index in [1.165, 1.54) is 0 Å². The molecule has 0 radical (unpaired) electrons. The van der Waals surface area contributed by atoms with E-state index in [9.17, 15) is 0 Å². The number of aromatic nitrogens is 3. The summed E-state index contributed by atoms with van der Waals surface area (Å²) in [6.45, 7) is 4.45. The summed E-state index contributed by atoms with van der Waals surface area (Å²) in [4.78, 5) is 10.5. The van der Waals surface area contributed by atoms with Crippen LogP contribution in [0.4, 0.5) is 5.69 Å². The first kappa shape index (κ1) is 19.8. The van der Waals surface area contributed by atoms with E-state index in [0.29, 0.717) is 11.7 Å². The fraction of sp³-hybridized carbons (Fsp3) is 0.286. The van der Waals surface area contributed by atoms with Gasteiger partial charge in [-0.2, -0.15) is 0 Å². The van der Waals surface area contributed by atoms with Gasteiger partial charge in [0.05, 0.1) is 13.4 Å². The second-order valence-electron chi connectivity index (χ2n) is 6.55. The maximum atomic E-state index is 5.72. The van der Waals surface area contributed by atoms with Gasteiger partial charge in [-0.1, -0.05) is 6.07 Å². The number of thiocarbonyl (C=S) groups is 1. The van der Waals surface area contributed by atoms with Gasteiger partial charge in [-0.15, -0.1) is 0 Å². The van der Waals surface area contributed by atoms with Crippen LogP contribution in [-0.4, -0.2) is 38.2 Å². The van der Waals surface area contributed by atoms with Gasteiger partial charge in [0.25, 0.3) is 0 Å². The second-order valence-corrected chi connectivity index (χ2v) is 6.94. The lowest BCUT2D eigenvalue weighted by molar-refractivity contribution is 0.395. The van der Waals surface area contributed by atoms with Gasteiger partial charge in [0.2, 0.25) is 0 Å². The number of imidazole rings is 1. The van der Waals surface area contributed by atoms with Crippen molar-refractivity contribution in [1.29, 1.82) is 0 Å². The summed E-state index contributed by atoms with van der Waals surface area (Å²) in [5, 5.41) is 4.05. The fourth-order valence-corrected chi connectivity index (χ4v) is 3.26. The molecule has 2 aromatic heterocycles. The van der Waals surface area contributed by atoms with E-state index >= 15 is 0 Å². The van der Waals surface area contributed by atoms with Crippen LogP contribution in [0.25, 0.3) is 0 Å². The van der Waals surface area contributed by atoms with E-state index in [2.05, 4.69) is 30.8 Å². The first-order valence-corrected chi connectivity index (χ1v) is 9.62. The summed E-state index contributed by atoms with van der Waals surface area (Å²) in [7, 11) is 1.68. The van der Waals surface area contributed by atoms with Gasteiger partial charge in [0.1, 0.15) is 5.75 Å². The molecule has 0 aliphatic carbocycles. The van der Waals surface area contributed by atoms with Crippen LogP contribution >= 0.6 is 12.2 Å². The van der Waals surface area contributed by atoms with Crippen LogP contribution < -0.4 is 10.1 Å². The minimum Gasteiger partial charge on any atom is -0.496 e. The predicted molar refractivity (Wildman–Crippen MR) is 115 cm³/mol. The lowest BCUT2D eigenvalue weighted by Gasteiger charge is -2.26. The van der Waals surface area contributed by atoms with Crippen LogP contribution in [-0.2, 0) is 13.1 Å². The first-order valence-electron chi connectivity index (χ1n) is 9.21. The van der Waals surface area contributed by atoms with Crippen molar-refractivity contribution in [3.05, 3.63) is 72.6 Å². The number of methoxy groups -OCH3 is 1. The number of rotatable bonds is 8. The van der Waals surface area contributed by atoms with Crippen LogP contribution in [0, 0.1) is 6.92 Å². The van der Waals surface area contributed by atoms with Crippen LogP contribution in [0.1, 0.15) is 17.5 Å². The van der Waals surface area contributed by atoms with Crippen molar-refractivity contribution in [1.82, 2.24) is 19.4 Å². The molecule has 0 atom stereocenters. The highest BCUT2D eigenvalue weighted by Crippen LogP contribution is 2.22. The molecule has 3 aromatic rings. The predicted octanol–water partition coefficient (Wildman–Crippen LogP) is 3.88. The Kier molecular flexibility index (Phi) is 6.97. The molecule has 0 aliphatic rings. The molecule has 1 N–H and O–H groups in total. The van der Waals surface area contributed by atoms with E-state index < -0.39 is 0 Å². The van der Waals surface area contributed by atoms with Crippen LogP contribution in [0.15, 0.2) is 61.4 Å². The Hall–Kier alpha value is -2.93. The number of aryl methyl sites for hydroxylation is 2. The van der Waals surface area contributed by atoms with E-state index in [4.69, 9.17) is 17.0 Å². The zero-order valence-electron chi connectivity index (χ0n) is 16.2. The van der Waals surface area contributed by atoms with E-state index in [0.717, 1.165) is 42.1 Å². The molecule has 0 saturated heterocycles. The molecule has 7 heteroatoms. The van der Waals surface area contributed by atoms with Crippen molar-refractivity contribution >= 4 is 23.0 Å². The molecular formula is C21H25N5OS.